The second-order valence-electron chi connectivity index (χ2n) is 7.62. The molecule has 2 N–H and O–H groups in total. The van der Waals surface area contributed by atoms with Crippen LogP contribution in [0.2, 0.25) is 0 Å². The van der Waals surface area contributed by atoms with Crippen LogP contribution in [0.3, 0.4) is 0 Å². The molecule has 1 aromatic carbocycles. The molecule has 4 heterocycles. The largest absolute Gasteiger partial charge is 0.494 e. The molecule has 9 heteroatoms. The fourth-order valence-corrected chi connectivity index (χ4v) is 4.10. The van der Waals surface area contributed by atoms with E-state index in [2.05, 4.69) is 25.2 Å². The predicted molar refractivity (Wildman–Crippen MR) is 116 cm³/mol. The number of fused-ring (bicyclic) bond motifs is 1. The third-order valence-electron chi connectivity index (χ3n) is 5.71. The van der Waals surface area contributed by atoms with Gasteiger partial charge in [-0.1, -0.05) is 6.07 Å². The highest BCUT2D eigenvalue weighted by molar-refractivity contribution is 6.04. The zero-order valence-corrected chi connectivity index (χ0v) is 17.4. The standard InChI is InChI=1S/C22H25N5O4/c1-29-17-5-4-15(16-3-2-10-31-16)19-20(17)25-22(24-19)26-21(28)14-6-7-23-18(13-14)27-8-11-30-12-9-27/h4-7,13,16H,2-3,8-12H2,1H3,(H2,24,25,26,28). The van der Waals surface area contributed by atoms with E-state index >= 15 is 0 Å². The maximum Gasteiger partial charge on any atom is 0.258 e. The topological polar surface area (TPSA) is 102 Å². The number of aromatic nitrogens is 3. The van der Waals surface area contributed by atoms with Crippen molar-refractivity contribution in [1.82, 2.24) is 15.0 Å². The fraction of sp³-hybridized carbons (Fsp3) is 0.409. The summed E-state index contributed by atoms with van der Waals surface area (Å²) in [5, 5.41) is 2.87. The van der Waals surface area contributed by atoms with Crippen molar-refractivity contribution < 1.29 is 19.0 Å². The van der Waals surface area contributed by atoms with E-state index < -0.39 is 0 Å². The van der Waals surface area contributed by atoms with Gasteiger partial charge in [0.25, 0.3) is 5.91 Å². The van der Waals surface area contributed by atoms with Crippen LogP contribution >= 0.6 is 0 Å². The third-order valence-corrected chi connectivity index (χ3v) is 5.71. The number of nitrogens with zero attached hydrogens (tertiary/aromatic N) is 3. The molecule has 3 aromatic rings. The van der Waals surface area contributed by atoms with E-state index in [4.69, 9.17) is 14.2 Å². The van der Waals surface area contributed by atoms with Gasteiger partial charge < -0.3 is 24.1 Å². The lowest BCUT2D eigenvalue weighted by Gasteiger charge is -2.27. The van der Waals surface area contributed by atoms with Crippen molar-refractivity contribution >= 4 is 28.7 Å². The van der Waals surface area contributed by atoms with Gasteiger partial charge >= 0.3 is 0 Å². The maximum absolute atomic E-state index is 12.9. The zero-order chi connectivity index (χ0) is 21.2. The van der Waals surface area contributed by atoms with Crippen molar-refractivity contribution in [3.63, 3.8) is 0 Å². The molecular formula is C22H25N5O4. The molecule has 0 saturated carbocycles. The molecule has 5 rings (SSSR count). The number of anilines is 2. The number of morpholine rings is 1. The molecule has 162 valence electrons. The smallest absolute Gasteiger partial charge is 0.258 e. The molecule has 0 bridgehead atoms. The summed E-state index contributed by atoms with van der Waals surface area (Å²) in [6.07, 6.45) is 3.64. The first-order chi connectivity index (χ1) is 15.2. The van der Waals surface area contributed by atoms with E-state index in [-0.39, 0.29) is 12.0 Å². The van der Waals surface area contributed by atoms with Gasteiger partial charge in [-0.05, 0) is 31.0 Å². The van der Waals surface area contributed by atoms with Gasteiger partial charge in [0, 0.05) is 37.0 Å². The van der Waals surface area contributed by atoms with Crippen LogP contribution in [-0.4, -0.2) is 60.9 Å². The molecule has 1 amide bonds. The Labute approximate surface area is 179 Å². The quantitative estimate of drug-likeness (QED) is 0.651. The normalized spacial score (nSPS) is 19.0. The summed E-state index contributed by atoms with van der Waals surface area (Å²) < 4.78 is 16.7. The van der Waals surface area contributed by atoms with Crippen molar-refractivity contribution in [2.24, 2.45) is 0 Å². The summed E-state index contributed by atoms with van der Waals surface area (Å²) in [7, 11) is 1.61. The Kier molecular flexibility index (Phi) is 5.44. The molecule has 9 nitrogen and oxygen atoms in total. The molecule has 0 radical (unpaired) electrons. The Morgan fingerprint density at radius 1 is 1.26 bits per heavy atom. The van der Waals surface area contributed by atoms with Crippen LogP contribution in [0.15, 0.2) is 30.5 Å². The van der Waals surface area contributed by atoms with Gasteiger partial charge in [-0.2, -0.15) is 0 Å². The number of nitrogens with one attached hydrogen (secondary N) is 2. The van der Waals surface area contributed by atoms with Crippen LogP contribution in [0, 0.1) is 0 Å². The number of H-pyrrole nitrogens is 1. The van der Waals surface area contributed by atoms with Gasteiger partial charge in [0.05, 0.1) is 26.4 Å². The van der Waals surface area contributed by atoms with E-state index in [9.17, 15) is 4.79 Å². The molecule has 1 unspecified atom stereocenters. The lowest BCUT2D eigenvalue weighted by atomic mass is 10.0. The number of pyridine rings is 1. The summed E-state index contributed by atoms with van der Waals surface area (Å²) in [4.78, 5) is 27.3. The Bertz CT molecular complexity index is 1090. The number of ether oxygens (including phenoxy) is 3. The molecule has 2 aliphatic heterocycles. The molecule has 31 heavy (non-hydrogen) atoms. The highest BCUT2D eigenvalue weighted by Crippen LogP contribution is 2.36. The zero-order valence-electron chi connectivity index (χ0n) is 17.4. The van der Waals surface area contributed by atoms with Crippen molar-refractivity contribution in [2.45, 2.75) is 18.9 Å². The number of imidazole rings is 1. The minimum absolute atomic E-state index is 0.0107. The number of methoxy groups -OCH3 is 1. The molecule has 0 aliphatic carbocycles. The second-order valence-corrected chi connectivity index (χ2v) is 7.62. The van der Waals surface area contributed by atoms with Crippen LogP contribution in [0.1, 0.15) is 34.9 Å². The number of aromatic amines is 1. The van der Waals surface area contributed by atoms with E-state index in [0.717, 1.165) is 55.0 Å². The molecule has 1 atom stereocenters. The van der Waals surface area contributed by atoms with Crippen molar-refractivity contribution in [3.8, 4) is 5.75 Å². The predicted octanol–water partition coefficient (Wildman–Crippen LogP) is 2.91. The maximum atomic E-state index is 12.9. The Hall–Kier alpha value is -3.17. The van der Waals surface area contributed by atoms with Gasteiger partial charge in [-0.25, -0.2) is 9.97 Å². The SMILES string of the molecule is COc1ccc(C2CCCO2)c2nc(NC(=O)c3ccnc(N4CCOCC4)c3)[nH]c12. The van der Waals surface area contributed by atoms with Crippen molar-refractivity contribution in [1.29, 1.82) is 0 Å². The van der Waals surface area contributed by atoms with E-state index in [0.29, 0.717) is 30.5 Å². The minimum Gasteiger partial charge on any atom is -0.494 e. The van der Waals surface area contributed by atoms with Crippen LogP contribution in [0.4, 0.5) is 11.8 Å². The molecule has 2 saturated heterocycles. The molecule has 2 fully saturated rings. The first-order valence-electron chi connectivity index (χ1n) is 10.5. The monoisotopic (exact) mass is 423 g/mol. The molecular weight excluding hydrogens is 398 g/mol. The van der Waals surface area contributed by atoms with Gasteiger partial charge in [-0.3, -0.25) is 10.1 Å². The lowest BCUT2D eigenvalue weighted by Crippen LogP contribution is -2.36. The molecule has 0 spiro atoms. The van der Waals surface area contributed by atoms with Gasteiger partial charge in [0.15, 0.2) is 0 Å². The minimum atomic E-state index is -0.256. The second kappa shape index (κ2) is 8.52. The summed E-state index contributed by atoms with van der Waals surface area (Å²) in [6.45, 7) is 3.58. The number of rotatable bonds is 5. The highest BCUT2D eigenvalue weighted by Gasteiger charge is 2.24. The fourth-order valence-electron chi connectivity index (χ4n) is 4.10. The number of amides is 1. The summed E-state index contributed by atoms with van der Waals surface area (Å²) in [5.74, 6) is 1.55. The van der Waals surface area contributed by atoms with Crippen LogP contribution in [0.25, 0.3) is 11.0 Å². The Morgan fingerprint density at radius 3 is 2.90 bits per heavy atom. The van der Waals surface area contributed by atoms with Crippen LogP contribution in [0.5, 0.6) is 5.75 Å². The number of hydrogen-bond donors (Lipinski definition) is 2. The first kappa shape index (κ1) is 19.8. The summed E-state index contributed by atoms with van der Waals surface area (Å²) in [5.41, 5.74) is 3.02. The molecule has 2 aliphatic rings. The van der Waals surface area contributed by atoms with E-state index in [1.54, 1.807) is 25.4 Å². The van der Waals surface area contributed by atoms with Crippen molar-refractivity contribution in [2.75, 3.05) is 50.2 Å². The number of hydrogen-bond acceptors (Lipinski definition) is 7. The number of benzene rings is 1. The Balaban J connectivity index is 1.41. The number of carbonyl (C=O) groups excluding carboxylic acids is 1. The average molecular weight is 423 g/mol. The van der Waals surface area contributed by atoms with Crippen molar-refractivity contribution in [3.05, 3.63) is 41.6 Å². The van der Waals surface area contributed by atoms with E-state index in [1.165, 1.54) is 0 Å². The van der Waals surface area contributed by atoms with Gasteiger partial charge in [0.1, 0.15) is 22.6 Å². The lowest BCUT2D eigenvalue weighted by molar-refractivity contribution is 0.102. The van der Waals surface area contributed by atoms with Gasteiger partial charge in [-0.15, -0.1) is 0 Å². The van der Waals surface area contributed by atoms with Gasteiger partial charge in [0.2, 0.25) is 5.95 Å². The summed E-state index contributed by atoms with van der Waals surface area (Å²) >= 11 is 0. The van der Waals surface area contributed by atoms with Crippen LogP contribution < -0.4 is 15.0 Å². The molecule has 2 aromatic heterocycles. The highest BCUT2D eigenvalue weighted by atomic mass is 16.5. The van der Waals surface area contributed by atoms with Crippen LogP contribution in [-0.2, 0) is 9.47 Å². The van der Waals surface area contributed by atoms with E-state index in [1.807, 2.05) is 12.1 Å². The number of carbonyl (C=O) groups is 1. The first-order valence-corrected chi connectivity index (χ1v) is 10.5. The summed E-state index contributed by atoms with van der Waals surface area (Å²) in [6, 6.07) is 7.38. The Morgan fingerprint density at radius 2 is 2.13 bits per heavy atom. The average Bonchev–Trinajstić information content (AvgIpc) is 3.49. The third kappa shape index (κ3) is 3.94.